The Bertz CT molecular complexity index is 727. The third kappa shape index (κ3) is 4.54. The van der Waals surface area contributed by atoms with Crippen LogP contribution in [0.3, 0.4) is 0 Å². The molecule has 2 rings (SSSR count). The molecular weight excluding hydrogens is 298 g/mol. The Morgan fingerprint density at radius 3 is 2.61 bits per heavy atom. The second kappa shape index (κ2) is 7.40. The maximum absolute atomic E-state index is 11.7. The highest BCUT2D eigenvalue weighted by atomic mass is 16.6. The lowest BCUT2D eigenvalue weighted by Gasteiger charge is -2.10. The number of carbonyl (C=O) groups excluding carboxylic acids is 1. The summed E-state index contributed by atoms with van der Waals surface area (Å²) in [4.78, 5) is 22.1. The molecule has 0 saturated heterocycles. The van der Waals surface area contributed by atoms with Crippen LogP contribution in [0.15, 0.2) is 42.5 Å². The van der Waals surface area contributed by atoms with E-state index in [1.54, 1.807) is 24.3 Å². The van der Waals surface area contributed by atoms with Crippen molar-refractivity contribution >= 4 is 11.7 Å². The number of para-hydroxylation sites is 1. The summed E-state index contributed by atoms with van der Waals surface area (Å²) < 4.78 is 10.4. The number of ether oxygens (including phenoxy) is 2. The number of rotatable bonds is 6. The van der Waals surface area contributed by atoms with Crippen molar-refractivity contribution < 1.29 is 19.2 Å². The summed E-state index contributed by atoms with van der Waals surface area (Å²) >= 11 is 0. The molecule has 0 saturated carbocycles. The SMILES string of the molecule is Cc1ccc(OCC(=O)OCc2ccccc2[N+](=O)[O-])c(C)c1. The van der Waals surface area contributed by atoms with E-state index in [9.17, 15) is 14.9 Å². The van der Waals surface area contributed by atoms with Crippen LogP contribution in [0, 0.1) is 24.0 Å². The summed E-state index contributed by atoms with van der Waals surface area (Å²) in [6.45, 7) is 3.45. The summed E-state index contributed by atoms with van der Waals surface area (Å²) in [5.41, 5.74) is 2.30. The van der Waals surface area contributed by atoms with Crippen molar-refractivity contribution in [3.05, 3.63) is 69.3 Å². The first-order chi connectivity index (χ1) is 11.0. The lowest BCUT2D eigenvalue weighted by atomic mass is 10.1. The molecule has 0 aromatic heterocycles. The minimum Gasteiger partial charge on any atom is -0.482 e. The molecule has 0 heterocycles. The molecule has 0 aliphatic heterocycles. The molecule has 0 fully saturated rings. The topological polar surface area (TPSA) is 78.7 Å². The largest absolute Gasteiger partial charge is 0.482 e. The second-order valence-corrected chi connectivity index (χ2v) is 5.10. The Kier molecular flexibility index (Phi) is 5.30. The molecule has 6 nitrogen and oxygen atoms in total. The number of esters is 1. The third-order valence-corrected chi connectivity index (χ3v) is 3.25. The monoisotopic (exact) mass is 315 g/mol. The van der Waals surface area contributed by atoms with E-state index >= 15 is 0 Å². The van der Waals surface area contributed by atoms with Gasteiger partial charge in [0.2, 0.25) is 0 Å². The van der Waals surface area contributed by atoms with E-state index in [1.807, 2.05) is 26.0 Å². The number of nitrogens with zero attached hydrogens (tertiary/aromatic N) is 1. The zero-order valence-electron chi connectivity index (χ0n) is 12.9. The van der Waals surface area contributed by atoms with E-state index in [1.165, 1.54) is 6.07 Å². The average Bonchev–Trinajstić information content (AvgIpc) is 2.52. The van der Waals surface area contributed by atoms with E-state index in [0.29, 0.717) is 11.3 Å². The van der Waals surface area contributed by atoms with Gasteiger partial charge in [-0.2, -0.15) is 0 Å². The van der Waals surface area contributed by atoms with Gasteiger partial charge in [-0.1, -0.05) is 29.8 Å². The van der Waals surface area contributed by atoms with Crippen LogP contribution >= 0.6 is 0 Å². The highest BCUT2D eigenvalue weighted by molar-refractivity contribution is 5.71. The Labute approximate surface area is 133 Å². The number of benzene rings is 2. The van der Waals surface area contributed by atoms with Gasteiger partial charge in [0.05, 0.1) is 10.5 Å². The van der Waals surface area contributed by atoms with Crippen molar-refractivity contribution in [3.8, 4) is 5.75 Å². The summed E-state index contributed by atoms with van der Waals surface area (Å²) in [6.07, 6.45) is 0. The van der Waals surface area contributed by atoms with Crippen molar-refractivity contribution in [2.75, 3.05) is 6.61 Å². The van der Waals surface area contributed by atoms with Crippen molar-refractivity contribution in [2.24, 2.45) is 0 Å². The molecule has 0 aliphatic carbocycles. The molecule has 6 heteroatoms. The molecule has 120 valence electrons. The van der Waals surface area contributed by atoms with Gasteiger partial charge < -0.3 is 9.47 Å². The quantitative estimate of drug-likeness (QED) is 0.464. The second-order valence-electron chi connectivity index (χ2n) is 5.10. The number of nitro groups is 1. The van der Waals surface area contributed by atoms with Crippen molar-refractivity contribution in [3.63, 3.8) is 0 Å². The smallest absolute Gasteiger partial charge is 0.344 e. The number of hydrogen-bond acceptors (Lipinski definition) is 5. The highest BCUT2D eigenvalue weighted by Gasteiger charge is 2.14. The van der Waals surface area contributed by atoms with E-state index in [-0.39, 0.29) is 18.9 Å². The first kappa shape index (κ1) is 16.5. The number of hydrogen-bond donors (Lipinski definition) is 0. The van der Waals surface area contributed by atoms with E-state index in [4.69, 9.17) is 9.47 Å². The molecule has 0 radical (unpaired) electrons. The first-order valence-corrected chi connectivity index (χ1v) is 7.05. The van der Waals surface area contributed by atoms with Gasteiger partial charge >= 0.3 is 5.97 Å². The zero-order chi connectivity index (χ0) is 16.8. The lowest BCUT2D eigenvalue weighted by molar-refractivity contribution is -0.385. The molecule has 0 aliphatic rings. The molecule has 0 unspecified atom stereocenters. The summed E-state index contributed by atoms with van der Waals surface area (Å²) in [5, 5.41) is 10.9. The Morgan fingerprint density at radius 1 is 1.17 bits per heavy atom. The predicted molar refractivity (Wildman–Crippen MR) is 84.3 cm³/mol. The van der Waals surface area contributed by atoms with Crippen LogP contribution in [0.1, 0.15) is 16.7 Å². The molecule has 23 heavy (non-hydrogen) atoms. The molecule has 0 atom stereocenters. The molecule has 0 amide bonds. The first-order valence-electron chi connectivity index (χ1n) is 7.05. The van der Waals surface area contributed by atoms with Crippen LogP contribution in [0.4, 0.5) is 5.69 Å². The molecule has 0 bridgehead atoms. The average molecular weight is 315 g/mol. The van der Waals surface area contributed by atoms with Gasteiger partial charge in [0, 0.05) is 6.07 Å². The fourth-order valence-corrected chi connectivity index (χ4v) is 2.11. The summed E-state index contributed by atoms with van der Waals surface area (Å²) in [6, 6.07) is 11.8. The van der Waals surface area contributed by atoms with Crippen LogP contribution < -0.4 is 4.74 Å². The van der Waals surface area contributed by atoms with Crippen molar-refractivity contribution in [1.82, 2.24) is 0 Å². The number of nitro benzene ring substituents is 1. The number of carbonyl (C=O) groups is 1. The fourth-order valence-electron chi connectivity index (χ4n) is 2.11. The minimum atomic E-state index is -0.580. The number of aryl methyl sites for hydroxylation is 2. The fraction of sp³-hybridized carbons (Fsp3) is 0.235. The van der Waals surface area contributed by atoms with Gasteiger partial charge in [0.25, 0.3) is 5.69 Å². The minimum absolute atomic E-state index is 0.0735. The predicted octanol–water partition coefficient (Wildman–Crippen LogP) is 3.33. The summed E-state index contributed by atoms with van der Waals surface area (Å²) in [5.74, 6) is 0.0290. The van der Waals surface area contributed by atoms with Crippen LogP contribution in [-0.2, 0) is 16.1 Å². The third-order valence-electron chi connectivity index (χ3n) is 3.25. The maximum atomic E-state index is 11.7. The van der Waals surface area contributed by atoms with E-state index < -0.39 is 10.9 Å². The van der Waals surface area contributed by atoms with Gasteiger partial charge in [-0.05, 0) is 31.5 Å². The molecule has 0 N–H and O–H groups in total. The van der Waals surface area contributed by atoms with Gasteiger partial charge in [-0.3, -0.25) is 10.1 Å². The van der Waals surface area contributed by atoms with E-state index in [0.717, 1.165) is 11.1 Å². The highest BCUT2D eigenvalue weighted by Crippen LogP contribution is 2.20. The Balaban J connectivity index is 1.90. The molecular formula is C17H17NO5. The lowest BCUT2D eigenvalue weighted by Crippen LogP contribution is -2.15. The van der Waals surface area contributed by atoms with Gasteiger partial charge in [0.1, 0.15) is 12.4 Å². The van der Waals surface area contributed by atoms with Crippen LogP contribution in [0.2, 0.25) is 0 Å². The van der Waals surface area contributed by atoms with Crippen molar-refractivity contribution in [1.29, 1.82) is 0 Å². The molecule has 0 spiro atoms. The molecule has 2 aromatic rings. The van der Waals surface area contributed by atoms with Gasteiger partial charge in [0.15, 0.2) is 6.61 Å². The van der Waals surface area contributed by atoms with Crippen molar-refractivity contribution in [2.45, 2.75) is 20.5 Å². The molecule has 2 aromatic carbocycles. The van der Waals surface area contributed by atoms with Gasteiger partial charge in [-0.15, -0.1) is 0 Å². The van der Waals surface area contributed by atoms with E-state index in [2.05, 4.69) is 0 Å². The Hall–Kier alpha value is -2.89. The van der Waals surface area contributed by atoms with Crippen LogP contribution in [-0.4, -0.2) is 17.5 Å². The standard InChI is InChI=1S/C17H17NO5/c1-12-7-8-16(13(2)9-12)22-11-17(19)23-10-14-5-3-4-6-15(14)18(20)21/h3-9H,10-11H2,1-2H3. The van der Waals surface area contributed by atoms with Gasteiger partial charge in [-0.25, -0.2) is 4.79 Å². The zero-order valence-corrected chi connectivity index (χ0v) is 12.9. The normalized spacial score (nSPS) is 10.2. The maximum Gasteiger partial charge on any atom is 0.344 e. The summed E-state index contributed by atoms with van der Waals surface area (Å²) in [7, 11) is 0. The van der Waals surface area contributed by atoms with Crippen LogP contribution in [0.25, 0.3) is 0 Å². The van der Waals surface area contributed by atoms with Crippen LogP contribution in [0.5, 0.6) is 5.75 Å². The Morgan fingerprint density at radius 2 is 1.91 bits per heavy atom.